The summed E-state index contributed by atoms with van der Waals surface area (Å²) in [5, 5.41) is 0. The highest BCUT2D eigenvalue weighted by Gasteiger charge is 2.63. The Balaban J connectivity index is 1.68. The van der Waals surface area contributed by atoms with E-state index in [2.05, 4.69) is 0 Å². The molecule has 3 aliphatic heterocycles. The molecule has 0 aliphatic carbocycles. The molecule has 5 atom stereocenters. The highest BCUT2D eigenvalue weighted by Crippen LogP contribution is 2.50. The number of ether oxygens (including phenoxy) is 1. The largest absolute Gasteiger partial charge is 0.373 e. The Morgan fingerprint density at radius 1 is 1.09 bits per heavy atom. The molecule has 0 N–H and O–H groups in total. The lowest BCUT2D eigenvalue weighted by atomic mass is 9.81. The van der Waals surface area contributed by atoms with Crippen LogP contribution in [0.25, 0.3) is 0 Å². The van der Waals surface area contributed by atoms with Crippen LogP contribution < -0.4 is 0 Å². The number of benzene rings is 1. The summed E-state index contributed by atoms with van der Waals surface area (Å²) in [5.41, 5.74) is 2.23. The summed E-state index contributed by atoms with van der Waals surface area (Å²) in [4.78, 5) is 27.2. The summed E-state index contributed by atoms with van der Waals surface area (Å²) >= 11 is 0. The number of imide groups is 1. The van der Waals surface area contributed by atoms with Gasteiger partial charge in [0, 0.05) is 0 Å². The highest BCUT2D eigenvalue weighted by atomic mass is 16.5. The maximum Gasteiger partial charge on any atom is 0.236 e. The van der Waals surface area contributed by atoms with Gasteiger partial charge in [-0.25, -0.2) is 0 Å². The van der Waals surface area contributed by atoms with E-state index in [1.807, 2.05) is 38.1 Å². The zero-order valence-electron chi connectivity index (χ0n) is 13.0. The molecule has 0 saturated carbocycles. The normalized spacial score (nSPS) is 34.4. The maximum absolute atomic E-state index is 12.9. The Hall–Kier alpha value is -1.68. The lowest BCUT2D eigenvalue weighted by Gasteiger charge is -2.27. The molecule has 2 bridgehead atoms. The van der Waals surface area contributed by atoms with Crippen molar-refractivity contribution in [3.05, 3.63) is 35.4 Å². The van der Waals surface area contributed by atoms with Gasteiger partial charge in [0.1, 0.15) is 0 Å². The van der Waals surface area contributed by atoms with Crippen molar-refractivity contribution < 1.29 is 14.3 Å². The van der Waals surface area contributed by atoms with Crippen molar-refractivity contribution in [3.63, 3.8) is 0 Å². The van der Waals surface area contributed by atoms with Crippen LogP contribution in [0, 0.1) is 18.8 Å². The molecule has 0 radical (unpaired) electrons. The molecule has 22 heavy (non-hydrogen) atoms. The maximum atomic E-state index is 12.9. The molecule has 4 rings (SSSR count). The molecule has 1 aromatic carbocycles. The third-order valence-electron chi connectivity index (χ3n) is 5.48. The van der Waals surface area contributed by atoms with Crippen molar-refractivity contribution in [2.75, 3.05) is 0 Å². The van der Waals surface area contributed by atoms with E-state index < -0.39 is 0 Å². The average molecular weight is 299 g/mol. The van der Waals surface area contributed by atoms with Gasteiger partial charge in [-0.1, -0.05) is 36.8 Å². The fourth-order valence-corrected chi connectivity index (χ4v) is 4.40. The Bertz CT molecular complexity index is 596. The fraction of sp³-hybridized carbons (Fsp3) is 0.556. The summed E-state index contributed by atoms with van der Waals surface area (Å²) in [6, 6.07) is 7.99. The predicted molar refractivity (Wildman–Crippen MR) is 80.9 cm³/mol. The fourth-order valence-electron chi connectivity index (χ4n) is 4.40. The Labute approximate surface area is 130 Å². The van der Waals surface area contributed by atoms with E-state index in [-0.39, 0.29) is 41.9 Å². The first kappa shape index (κ1) is 13.9. The van der Waals surface area contributed by atoms with Crippen molar-refractivity contribution in [2.45, 2.75) is 51.4 Å². The number of nitrogens with zero attached hydrogens (tertiary/aromatic N) is 1. The molecule has 3 saturated heterocycles. The van der Waals surface area contributed by atoms with Gasteiger partial charge in [-0.05, 0) is 31.7 Å². The molecule has 2 amide bonds. The molecule has 116 valence electrons. The van der Waals surface area contributed by atoms with Crippen LogP contribution >= 0.6 is 0 Å². The van der Waals surface area contributed by atoms with Gasteiger partial charge in [-0.15, -0.1) is 0 Å². The number of rotatable bonds is 3. The molecular formula is C18H21NO3. The lowest BCUT2D eigenvalue weighted by molar-refractivity contribution is -0.145. The summed E-state index contributed by atoms with van der Waals surface area (Å²) in [5.74, 6) is -0.499. The van der Waals surface area contributed by atoms with E-state index in [1.54, 1.807) is 0 Å². The van der Waals surface area contributed by atoms with Gasteiger partial charge in [-0.2, -0.15) is 0 Å². The van der Waals surface area contributed by atoms with Crippen molar-refractivity contribution in [1.29, 1.82) is 0 Å². The highest BCUT2D eigenvalue weighted by molar-refractivity contribution is 6.06. The zero-order valence-corrected chi connectivity index (χ0v) is 13.0. The van der Waals surface area contributed by atoms with Crippen LogP contribution in [0.4, 0.5) is 0 Å². The van der Waals surface area contributed by atoms with Crippen LogP contribution in [-0.2, 0) is 14.3 Å². The third-order valence-corrected chi connectivity index (χ3v) is 5.48. The standard InChI is InChI=1S/C18H21NO3/c1-3-12(11-6-4-10(2)5-7-11)19-17(20)15-13-8-9-14(22-13)16(15)18(19)21/h4-7,12-16H,3,8-9H2,1-2H3/t12-,13-,14-,15-,16-/m0/s1. The van der Waals surface area contributed by atoms with Gasteiger partial charge in [0.25, 0.3) is 0 Å². The number of hydrogen-bond acceptors (Lipinski definition) is 3. The molecule has 0 unspecified atom stereocenters. The second-order valence-corrected chi connectivity index (χ2v) is 6.72. The minimum absolute atomic E-state index is 0.0189. The Kier molecular flexibility index (Phi) is 3.12. The van der Waals surface area contributed by atoms with Gasteiger partial charge >= 0.3 is 0 Å². The van der Waals surface area contributed by atoms with Crippen LogP contribution in [0.5, 0.6) is 0 Å². The Morgan fingerprint density at radius 2 is 1.64 bits per heavy atom. The third kappa shape index (κ3) is 1.80. The number of amides is 2. The van der Waals surface area contributed by atoms with Crippen molar-refractivity contribution in [3.8, 4) is 0 Å². The monoisotopic (exact) mass is 299 g/mol. The van der Waals surface area contributed by atoms with Crippen molar-refractivity contribution >= 4 is 11.8 Å². The summed E-state index contributed by atoms with van der Waals surface area (Å²) in [7, 11) is 0. The van der Waals surface area contributed by atoms with Crippen molar-refractivity contribution in [1.82, 2.24) is 4.90 Å². The van der Waals surface area contributed by atoms with Gasteiger partial charge in [-0.3, -0.25) is 14.5 Å². The van der Waals surface area contributed by atoms with Crippen LogP contribution in [0.2, 0.25) is 0 Å². The van der Waals surface area contributed by atoms with Gasteiger partial charge < -0.3 is 4.74 Å². The van der Waals surface area contributed by atoms with Gasteiger partial charge in [0.05, 0.1) is 30.1 Å². The molecular weight excluding hydrogens is 278 g/mol. The van der Waals surface area contributed by atoms with Crippen LogP contribution in [0.15, 0.2) is 24.3 Å². The smallest absolute Gasteiger partial charge is 0.236 e. The number of carbonyl (C=O) groups excluding carboxylic acids is 2. The average Bonchev–Trinajstić information content (AvgIpc) is 3.18. The van der Waals surface area contributed by atoms with E-state index in [0.717, 1.165) is 24.8 Å². The van der Waals surface area contributed by atoms with Crippen LogP contribution in [-0.4, -0.2) is 28.9 Å². The summed E-state index contributed by atoms with van der Waals surface area (Å²) < 4.78 is 5.79. The first-order valence-corrected chi connectivity index (χ1v) is 8.20. The van der Waals surface area contributed by atoms with Crippen molar-refractivity contribution in [2.24, 2.45) is 11.8 Å². The van der Waals surface area contributed by atoms with Gasteiger partial charge in [0.2, 0.25) is 11.8 Å². The summed E-state index contributed by atoms with van der Waals surface area (Å²) in [6.07, 6.45) is 2.51. The molecule has 3 fully saturated rings. The van der Waals surface area contributed by atoms with E-state index in [0.29, 0.717) is 0 Å². The molecule has 4 heteroatoms. The number of hydrogen-bond donors (Lipinski definition) is 0. The summed E-state index contributed by atoms with van der Waals surface area (Å²) in [6.45, 7) is 4.07. The minimum Gasteiger partial charge on any atom is -0.373 e. The molecule has 0 spiro atoms. The topological polar surface area (TPSA) is 46.6 Å². The first-order valence-electron chi connectivity index (χ1n) is 8.20. The SMILES string of the molecule is CC[C@@H](c1ccc(C)cc1)N1C(=O)[C@@H]2[C@@H](C1=O)[C@@H]1CC[C@@H]2O1. The van der Waals surface area contributed by atoms with Crippen LogP contribution in [0.3, 0.4) is 0 Å². The quantitative estimate of drug-likeness (QED) is 0.806. The molecule has 3 heterocycles. The number of fused-ring (bicyclic) bond motifs is 5. The Morgan fingerprint density at radius 3 is 2.14 bits per heavy atom. The molecule has 1 aromatic rings. The van der Waals surface area contributed by atoms with E-state index in [4.69, 9.17) is 4.74 Å². The number of carbonyl (C=O) groups is 2. The minimum atomic E-state index is -0.231. The van der Waals surface area contributed by atoms with Crippen LogP contribution in [0.1, 0.15) is 43.4 Å². The predicted octanol–water partition coefficient (Wildman–Crippen LogP) is 2.61. The number of likely N-dealkylation sites (tertiary alicyclic amines) is 1. The zero-order chi connectivity index (χ0) is 15.4. The van der Waals surface area contributed by atoms with Gasteiger partial charge in [0.15, 0.2) is 0 Å². The molecule has 0 aromatic heterocycles. The molecule has 4 nitrogen and oxygen atoms in total. The first-order chi connectivity index (χ1) is 10.6. The van der Waals surface area contributed by atoms with E-state index >= 15 is 0 Å². The second kappa shape index (κ2) is 4.92. The molecule has 3 aliphatic rings. The lowest BCUT2D eigenvalue weighted by Crippen LogP contribution is -2.37. The number of aryl methyl sites for hydroxylation is 1. The second-order valence-electron chi connectivity index (χ2n) is 6.72. The van der Waals surface area contributed by atoms with E-state index in [9.17, 15) is 9.59 Å². The van der Waals surface area contributed by atoms with E-state index in [1.165, 1.54) is 10.5 Å².